The molecule has 0 atom stereocenters. The van der Waals surface area contributed by atoms with Crippen LogP contribution in [0.3, 0.4) is 0 Å². The molecule has 6 heteroatoms. The summed E-state index contributed by atoms with van der Waals surface area (Å²) in [5.41, 5.74) is 10.6. The molecule has 6 nitrogen and oxygen atoms in total. The molecule has 264 valence electrons. The minimum Gasteiger partial charge on any atom is -0.266 e. The molecule has 2 aromatic heterocycles. The molecular formula is C47H46N6. The summed E-state index contributed by atoms with van der Waals surface area (Å²) in [7, 11) is 0. The molecule has 0 amide bonds. The minimum atomic E-state index is 0.575. The number of hydrogen-bond acceptors (Lipinski definition) is 6. The maximum absolute atomic E-state index is 5.95. The van der Waals surface area contributed by atoms with Crippen LogP contribution in [-0.2, 0) is 0 Å². The molecule has 0 spiro atoms. The Bertz CT molecular complexity index is 2230. The lowest BCUT2D eigenvalue weighted by atomic mass is 9.95. The van der Waals surface area contributed by atoms with Crippen molar-refractivity contribution in [2.45, 2.75) is 54.4 Å². The van der Waals surface area contributed by atoms with E-state index in [1.54, 1.807) is 12.5 Å². The number of terminal acetylenes is 1. The van der Waals surface area contributed by atoms with Crippen molar-refractivity contribution < 1.29 is 0 Å². The number of benzene rings is 3. The Balaban J connectivity index is 1.61. The highest BCUT2D eigenvalue weighted by atomic mass is 15.0. The number of allylic oxidation sites excluding steroid dienone is 10. The Morgan fingerprint density at radius 3 is 2.17 bits per heavy atom. The Hall–Kier alpha value is -6.32. The quantitative estimate of drug-likeness (QED) is 0.0696. The first-order chi connectivity index (χ1) is 25.7. The van der Waals surface area contributed by atoms with E-state index in [0.29, 0.717) is 29.8 Å². The van der Waals surface area contributed by atoms with Crippen LogP contribution in [0.4, 0.5) is 0 Å². The van der Waals surface area contributed by atoms with Gasteiger partial charge in [0.2, 0.25) is 0 Å². The molecule has 5 rings (SSSR count). The van der Waals surface area contributed by atoms with Crippen LogP contribution < -0.4 is 0 Å². The maximum Gasteiger partial charge on any atom is 0.164 e. The summed E-state index contributed by atoms with van der Waals surface area (Å²) in [4.78, 5) is 28.0. The average molecular weight is 695 g/mol. The van der Waals surface area contributed by atoms with Crippen molar-refractivity contribution in [3.63, 3.8) is 0 Å². The lowest BCUT2D eigenvalue weighted by molar-refractivity contribution is 0.690. The van der Waals surface area contributed by atoms with E-state index in [2.05, 4.69) is 96.3 Å². The molecule has 0 aliphatic rings. The molecule has 0 N–H and O–H groups in total. The standard InChI is InChI=1S/C47H46N6/c1-8-10-14-35(6)45-51-46(40-15-12-11-13-16-40)53-47(52-45)43-30-41(34(5)17-19-37(9-2)20-18-36(7)49-28-25-33(3)4)29-42(31-43)38-21-23-39(24-22-38)44-26-27-48-32-50-44/h2,8,10-19,21-24,26-33H,20,25H2,1,3-7H3/b10-8-,34-17+,35-14+,36-18-,37-19+,49-28-. The van der Waals surface area contributed by atoms with Gasteiger partial charge in [-0.25, -0.2) is 24.9 Å². The van der Waals surface area contributed by atoms with Gasteiger partial charge in [0.1, 0.15) is 6.33 Å². The normalized spacial score (nSPS) is 12.9. The van der Waals surface area contributed by atoms with E-state index in [0.717, 1.165) is 67.9 Å². The molecule has 0 fully saturated rings. The van der Waals surface area contributed by atoms with E-state index in [1.165, 1.54) is 0 Å². The third-order valence-electron chi connectivity index (χ3n) is 8.51. The third-order valence-corrected chi connectivity index (χ3v) is 8.51. The summed E-state index contributed by atoms with van der Waals surface area (Å²) in [5.74, 6) is 5.27. The van der Waals surface area contributed by atoms with Crippen LogP contribution in [0.5, 0.6) is 0 Å². The second kappa shape index (κ2) is 18.8. The summed E-state index contributed by atoms with van der Waals surface area (Å²) in [6.07, 6.45) is 25.0. The zero-order valence-corrected chi connectivity index (χ0v) is 31.5. The molecule has 0 aliphatic carbocycles. The van der Waals surface area contributed by atoms with E-state index in [1.807, 2.05) is 87.7 Å². The van der Waals surface area contributed by atoms with Gasteiger partial charge in [0, 0.05) is 46.8 Å². The third kappa shape index (κ3) is 10.8. The molecule has 3 aromatic carbocycles. The van der Waals surface area contributed by atoms with Crippen molar-refractivity contribution in [2.75, 3.05) is 0 Å². The van der Waals surface area contributed by atoms with Crippen LogP contribution in [0.2, 0.25) is 0 Å². The lowest BCUT2D eigenvalue weighted by Gasteiger charge is -2.13. The Labute approximate surface area is 314 Å². The van der Waals surface area contributed by atoms with Crippen molar-refractivity contribution in [2.24, 2.45) is 10.9 Å². The van der Waals surface area contributed by atoms with Gasteiger partial charge in [-0.3, -0.25) is 4.99 Å². The van der Waals surface area contributed by atoms with Gasteiger partial charge in [-0.1, -0.05) is 111 Å². The number of aliphatic imine (C=N–C) groups is 1. The molecular weight excluding hydrogens is 649 g/mol. The second-order valence-corrected chi connectivity index (χ2v) is 13.2. The highest BCUT2D eigenvalue weighted by molar-refractivity contribution is 5.80. The summed E-state index contributed by atoms with van der Waals surface area (Å²) in [6, 6.07) is 26.8. The van der Waals surface area contributed by atoms with Crippen molar-refractivity contribution >= 4 is 17.4 Å². The molecule has 0 unspecified atom stereocenters. The number of hydrogen-bond donors (Lipinski definition) is 0. The first-order valence-corrected chi connectivity index (χ1v) is 17.9. The molecule has 2 heterocycles. The monoisotopic (exact) mass is 694 g/mol. The van der Waals surface area contributed by atoms with Gasteiger partial charge in [-0.05, 0) is 92.1 Å². The highest BCUT2D eigenvalue weighted by Crippen LogP contribution is 2.32. The molecule has 0 bridgehead atoms. The summed E-state index contributed by atoms with van der Waals surface area (Å²) < 4.78 is 0. The highest BCUT2D eigenvalue weighted by Gasteiger charge is 2.14. The van der Waals surface area contributed by atoms with Crippen molar-refractivity contribution in [3.05, 3.63) is 151 Å². The van der Waals surface area contributed by atoms with E-state index >= 15 is 0 Å². The van der Waals surface area contributed by atoms with Gasteiger partial charge >= 0.3 is 0 Å². The largest absolute Gasteiger partial charge is 0.266 e. The Morgan fingerprint density at radius 1 is 0.774 bits per heavy atom. The molecule has 0 saturated carbocycles. The van der Waals surface area contributed by atoms with Crippen LogP contribution in [0.15, 0.2) is 144 Å². The molecule has 0 radical (unpaired) electrons. The SMILES string of the molecule is C#C/C(=C\C=C(/C)c1cc(-c2ccc(-c3ccncn3)cc2)cc(-c2nc(/C(C)=C/C=C\C)nc(-c3ccccc3)n2)c1)C/C=C(C)\N=C/CC(C)C. The fourth-order valence-corrected chi connectivity index (χ4v) is 5.37. The van der Waals surface area contributed by atoms with Crippen LogP contribution in [0.25, 0.3) is 56.3 Å². The maximum atomic E-state index is 5.95. The predicted molar refractivity (Wildman–Crippen MR) is 223 cm³/mol. The van der Waals surface area contributed by atoms with Gasteiger partial charge in [-0.15, -0.1) is 6.42 Å². The zero-order valence-electron chi connectivity index (χ0n) is 31.5. The van der Waals surface area contributed by atoms with Gasteiger partial charge in [0.25, 0.3) is 0 Å². The predicted octanol–water partition coefficient (Wildman–Crippen LogP) is 11.7. The number of rotatable bonds is 13. The zero-order chi connectivity index (χ0) is 37.6. The molecule has 53 heavy (non-hydrogen) atoms. The molecule has 0 saturated heterocycles. The molecule has 5 aromatic rings. The number of nitrogens with zero attached hydrogens (tertiary/aromatic N) is 6. The topological polar surface area (TPSA) is 76.8 Å². The van der Waals surface area contributed by atoms with Crippen LogP contribution >= 0.6 is 0 Å². The van der Waals surface area contributed by atoms with E-state index in [-0.39, 0.29) is 0 Å². The molecule has 0 aliphatic heterocycles. The number of aromatic nitrogens is 5. The Kier molecular flexibility index (Phi) is 13.4. The first-order valence-electron chi connectivity index (χ1n) is 17.9. The van der Waals surface area contributed by atoms with Gasteiger partial charge in [-0.2, -0.15) is 0 Å². The Morgan fingerprint density at radius 2 is 1.49 bits per heavy atom. The fourth-order valence-electron chi connectivity index (χ4n) is 5.37. The van der Waals surface area contributed by atoms with Crippen LogP contribution in [-0.4, -0.2) is 31.1 Å². The summed E-state index contributed by atoms with van der Waals surface area (Å²) >= 11 is 0. The fraction of sp³-hybridized carbons (Fsp3) is 0.191. The smallest absolute Gasteiger partial charge is 0.164 e. The lowest BCUT2D eigenvalue weighted by Crippen LogP contribution is -2.02. The van der Waals surface area contributed by atoms with Crippen LogP contribution in [0, 0.1) is 18.3 Å². The average Bonchev–Trinajstić information content (AvgIpc) is 3.20. The first kappa shape index (κ1) is 37.9. The van der Waals surface area contributed by atoms with Crippen molar-refractivity contribution in [1.82, 2.24) is 24.9 Å². The van der Waals surface area contributed by atoms with Gasteiger partial charge < -0.3 is 0 Å². The second-order valence-electron chi connectivity index (χ2n) is 13.2. The minimum absolute atomic E-state index is 0.575. The van der Waals surface area contributed by atoms with Crippen molar-refractivity contribution in [1.29, 1.82) is 0 Å². The van der Waals surface area contributed by atoms with Crippen molar-refractivity contribution in [3.8, 4) is 57.5 Å². The van der Waals surface area contributed by atoms with Crippen LogP contribution in [0.1, 0.15) is 65.8 Å². The van der Waals surface area contributed by atoms with Gasteiger partial charge in [0.15, 0.2) is 17.5 Å². The summed E-state index contributed by atoms with van der Waals surface area (Å²) in [6.45, 7) is 12.5. The summed E-state index contributed by atoms with van der Waals surface area (Å²) in [5, 5.41) is 0. The van der Waals surface area contributed by atoms with E-state index < -0.39 is 0 Å². The van der Waals surface area contributed by atoms with E-state index in [9.17, 15) is 0 Å². The van der Waals surface area contributed by atoms with E-state index in [4.69, 9.17) is 21.4 Å². The van der Waals surface area contributed by atoms with Gasteiger partial charge in [0.05, 0.1) is 5.69 Å².